The highest BCUT2D eigenvalue weighted by atomic mass is 19.1. The Morgan fingerprint density at radius 1 is 1.20 bits per heavy atom. The summed E-state index contributed by atoms with van der Waals surface area (Å²) >= 11 is 0. The van der Waals surface area contributed by atoms with Crippen LogP contribution in [0, 0.1) is 5.82 Å². The van der Waals surface area contributed by atoms with E-state index in [-0.39, 0.29) is 11.9 Å². The van der Waals surface area contributed by atoms with Crippen LogP contribution >= 0.6 is 0 Å². The third-order valence-corrected chi connectivity index (χ3v) is 2.73. The number of hydrogen-bond donors (Lipinski definition) is 1. The molecule has 0 aliphatic heterocycles. The molecule has 1 aromatic carbocycles. The molecule has 0 spiro atoms. The van der Waals surface area contributed by atoms with Crippen LogP contribution in [0.4, 0.5) is 4.39 Å². The highest BCUT2D eigenvalue weighted by Crippen LogP contribution is 2.19. The molecule has 0 unspecified atom stereocenters. The van der Waals surface area contributed by atoms with Gasteiger partial charge < -0.3 is 5.73 Å². The smallest absolute Gasteiger partial charge is 0.123 e. The standard InChI is InChI=1S/C12H19FN2/c1-3-15(4-2)12(9-14)10-5-7-11(13)8-6-10/h5-8,12H,3-4,9,14H2,1-2H3/t12-/m0/s1. The van der Waals surface area contributed by atoms with Crippen LogP contribution in [0.3, 0.4) is 0 Å². The Morgan fingerprint density at radius 2 is 1.73 bits per heavy atom. The Kier molecular flexibility index (Phi) is 4.72. The Morgan fingerprint density at radius 3 is 2.13 bits per heavy atom. The molecular weight excluding hydrogens is 191 g/mol. The van der Waals surface area contributed by atoms with E-state index in [1.165, 1.54) is 12.1 Å². The molecule has 0 saturated heterocycles. The summed E-state index contributed by atoms with van der Waals surface area (Å²) in [5, 5.41) is 0. The summed E-state index contributed by atoms with van der Waals surface area (Å²) in [6.07, 6.45) is 0. The van der Waals surface area contributed by atoms with Crippen LogP contribution in [0.5, 0.6) is 0 Å². The number of nitrogens with two attached hydrogens (primary N) is 1. The van der Waals surface area contributed by atoms with E-state index in [1.807, 2.05) is 12.1 Å². The van der Waals surface area contributed by atoms with E-state index in [1.54, 1.807) is 0 Å². The van der Waals surface area contributed by atoms with Crippen molar-refractivity contribution in [2.45, 2.75) is 19.9 Å². The number of hydrogen-bond acceptors (Lipinski definition) is 2. The fourth-order valence-electron chi connectivity index (χ4n) is 1.85. The van der Waals surface area contributed by atoms with E-state index < -0.39 is 0 Å². The molecule has 1 aromatic rings. The highest BCUT2D eigenvalue weighted by molar-refractivity contribution is 5.20. The first-order chi connectivity index (χ1) is 7.22. The molecule has 0 bridgehead atoms. The molecule has 15 heavy (non-hydrogen) atoms. The quantitative estimate of drug-likeness (QED) is 0.807. The molecule has 0 fully saturated rings. The Bertz CT molecular complexity index is 280. The zero-order chi connectivity index (χ0) is 11.3. The summed E-state index contributed by atoms with van der Waals surface area (Å²) in [6.45, 7) is 6.68. The van der Waals surface area contributed by atoms with Gasteiger partial charge in [-0.1, -0.05) is 26.0 Å². The van der Waals surface area contributed by atoms with Gasteiger partial charge in [-0.2, -0.15) is 0 Å². The number of halogens is 1. The van der Waals surface area contributed by atoms with Crippen molar-refractivity contribution in [3.05, 3.63) is 35.6 Å². The van der Waals surface area contributed by atoms with Crippen LogP contribution in [-0.4, -0.2) is 24.5 Å². The van der Waals surface area contributed by atoms with Gasteiger partial charge in [0, 0.05) is 12.6 Å². The first-order valence-electron chi connectivity index (χ1n) is 5.42. The largest absolute Gasteiger partial charge is 0.329 e. The molecule has 0 amide bonds. The molecule has 0 aliphatic carbocycles. The van der Waals surface area contributed by atoms with Crippen LogP contribution in [0.2, 0.25) is 0 Å². The van der Waals surface area contributed by atoms with Crippen LogP contribution in [0.1, 0.15) is 25.5 Å². The average molecular weight is 210 g/mol. The minimum Gasteiger partial charge on any atom is -0.329 e. The van der Waals surface area contributed by atoms with Crippen molar-refractivity contribution in [1.29, 1.82) is 0 Å². The first kappa shape index (κ1) is 12.1. The van der Waals surface area contributed by atoms with Crippen LogP contribution in [-0.2, 0) is 0 Å². The van der Waals surface area contributed by atoms with Crippen molar-refractivity contribution in [3.63, 3.8) is 0 Å². The molecular formula is C12H19FN2. The lowest BCUT2D eigenvalue weighted by molar-refractivity contribution is 0.224. The number of benzene rings is 1. The second kappa shape index (κ2) is 5.83. The number of likely N-dealkylation sites (N-methyl/N-ethyl adjacent to an activating group) is 1. The maximum Gasteiger partial charge on any atom is 0.123 e. The Hall–Kier alpha value is -0.930. The molecule has 1 rings (SSSR count). The van der Waals surface area contributed by atoms with E-state index in [2.05, 4.69) is 18.7 Å². The van der Waals surface area contributed by atoms with Gasteiger partial charge in [0.2, 0.25) is 0 Å². The van der Waals surface area contributed by atoms with Crippen molar-refractivity contribution in [2.75, 3.05) is 19.6 Å². The summed E-state index contributed by atoms with van der Waals surface area (Å²) in [6, 6.07) is 6.79. The van der Waals surface area contributed by atoms with Crippen LogP contribution < -0.4 is 5.73 Å². The van der Waals surface area contributed by atoms with Gasteiger partial charge in [0.25, 0.3) is 0 Å². The predicted octanol–water partition coefficient (Wildman–Crippen LogP) is 2.17. The molecule has 0 radical (unpaired) electrons. The zero-order valence-corrected chi connectivity index (χ0v) is 9.41. The van der Waals surface area contributed by atoms with Gasteiger partial charge in [-0.25, -0.2) is 4.39 Å². The van der Waals surface area contributed by atoms with Gasteiger partial charge in [0.1, 0.15) is 5.82 Å². The minimum absolute atomic E-state index is 0.195. The van der Waals surface area contributed by atoms with Gasteiger partial charge in [-0.3, -0.25) is 4.90 Å². The van der Waals surface area contributed by atoms with Gasteiger partial charge in [0.15, 0.2) is 0 Å². The maximum atomic E-state index is 12.8. The Balaban J connectivity index is 2.86. The molecule has 3 heteroatoms. The topological polar surface area (TPSA) is 29.3 Å². The van der Waals surface area contributed by atoms with Crippen molar-refractivity contribution in [2.24, 2.45) is 5.73 Å². The van der Waals surface area contributed by atoms with Gasteiger partial charge in [-0.15, -0.1) is 0 Å². The van der Waals surface area contributed by atoms with Crippen molar-refractivity contribution in [3.8, 4) is 0 Å². The molecule has 0 aromatic heterocycles. The lowest BCUT2D eigenvalue weighted by atomic mass is 10.1. The predicted molar refractivity (Wildman–Crippen MR) is 61.1 cm³/mol. The normalized spacial score (nSPS) is 13.1. The fourth-order valence-corrected chi connectivity index (χ4v) is 1.85. The average Bonchev–Trinajstić information content (AvgIpc) is 2.27. The number of nitrogens with zero attached hydrogens (tertiary/aromatic N) is 1. The number of rotatable bonds is 5. The summed E-state index contributed by atoms with van der Waals surface area (Å²) in [5.41, 5.74) is 6.85. The molecule has 2 nitrogen and oxygen atoms in total. The van der Waals surface area contributed by atoms with Crippen LogP contribution in [0.25, 0.3) is 0 Å². The maximum absolute atomic E-state index is 12.8. The third kappa shape index (κ3) is 3.01. The molecule has 2 N–H and O–H groups in total. The zero-order valence-electron chi connectivity index (χ0n) is 9.41. The van der Waals surface area contributed by atoms with Gasteiger partial charge in [-0.05, 0) is 30.8 Å². The van der Waals surface area contributed by atoms with Gasteiger partial charge >= 0.3 is 0 Å². The summed E-state index contributed by atoms with van der Waals surface area (Å²) in [7, 11) is 0. The molecule has 0 saturated carbocycles. The summed E-state index contributed by atoms with van der Waals surface area (Å²) in [4.78, 5) is 2.27. The monoisotopic (exact) mass is 210 g/mol. The van der Waals surface area contributed by atoms with E-state index in [0.717, 1.165) is 18.7 Å². The molecule has 0 heterocycles. The highest BCUT2D eigenvalue weighted by Gasteiger charge is 2.15. The van der Waals surface area contributed by atoms with E-state index in [4.69, 9.17) is 5.73 Å². The van der Waals surface area contributed by atoms with E-state index in [0.29, 0.717) is 6.54 Å². The Labute approximate surface area is 90.9 Å². The van der Waals surface area contributed by atoms with Crippen LogP contribution in [0.15, 0.2) is 24.3 Å². The fraction of sp³-hybridized carbons (Fsp3) is 0.500. The second-order valence-electron chi connectivity index (χ2n) is 3.52. The molecule has 84 valence electrons. The SMILES string of the molecule is CCN(CC)[C@@H](CN)c1ccc(F)cc1. The molecule has 0 aliphatic rings. The van der Waals surface area contributed by atoms with Crippen molar-refractivity contribution >= 4 is 0 Å². The minimum atomic E-state index is -0.200. The lowest BCUT2D eigenvalue weighted by Gasteiger charge is -2.28. The van der Waals surface area contributed by atoms with E-state index >= 15 is 0 Å². The van der Waals surface area contributed by atoms with Crippen molar-refractivity contribution < 1.29 is 4.39 Å². The van der Waals surface area contributed by atoms with Crippen molar-refractivity contribution in [1.82, 2.24) is 4.90 Å². The third-order valence-electron chi connectivity index (χ3n) is 2.73. The summed E-state index contributed by atoms with van der Waals surface area (Å²) in [5.74, 6) is -0.200. The second-order valence-corrected chi connectivity index (χ2v) is 3.52. The molecule has 1 atom stereocenters. The van der Waals surface area contributed by atoms with E-state index in [9.17, 15) is 4.39 Å². The summed E-state index contributed by atoms with van der Waals surface area (Å²) < 4.78 is 12.8. The lowest BCUT2D eigenvalue weighted by Crippen LogP contribution is -2.33. The first-order valence-corrected chi connectivity index (χ1v) is 5.42. The van der Waals surface area contributed by atoms with Gasteiger partial charge in [0.05, 0.1) is 0 Å².